The molecule has 0 saturated heterocycles. The number of unbranched alkanes of at least 4 members (excludes halogenated alkanes) is 1. The van der Waals surface area contributed by atoms with Gasteiger partial charge in [0.15, 0.2) is 11.4 Å². The second-order valence-electron chi connectivity index (χ2n) is 12.0. The maximum absolute atomic E-state index is 11.7. The number of nitrogens with one attached hydrogen (secondary N) is 1. The minimum Gasteiger partial charge on any atom is -0.387 e. The Morgan fingerprint density at radius 2 is 1.63 bits per heavy atom. The monoisotopic (exact) mass is 511 g/mol. The van der Waals surface area contributed by atoms with Gasteiger partial charge in [0, 0.05) is 47.5 Å². The van der Waals surface area contributed by atoms with Crippen LogP contribution in [0.2, 0.25) is 0 Å². The number of benzene rings is 2. The second-order valence-corrected chi connectivity index (χ2v) is 12.0. The van der Waals surface area contributed by atoms with Crippen LogP contribution in [-0.2, 0) is 10.8 Å². The number of para-hydroxylation sites is 2. The molecule has 0 spiro atoms. The lowest BCUT2D eigenvalue weighted by molar-refractivity contribution is -0.462. The number of anilines is 1. The molecule has 2 aromatic carbocycles. The molecule has 2 aliphatic heterocycles. The molecule has 1 aliphatic carbocycles. The predicted octanol–water partition coefficient (Wildman–Crippen LogP) is 5.02. The Bertz CT molecular complexity index is 1360. The van der Waals surface area contributed by atoms with E-state index < -0.39 is 6.10 Å². The van der Waals surface area contributed by atoms with Crippen molar-refractivity contribution < 1.29 is 14.7 Å². The van der Waals surface area contributed by atoms with E-state index in [1.807, 2.05) is 0 Å². The van der Waals surface area contributed by atoms with E-state index >= 15 is 0 Å². The number of rotatable bonds is 7. The number of hydrogen-bond donors (Lipinski definition) is 2. The maximum atomic E-state index is 11.7. The molecule has 2 aromatic rings. The molecule has 4 nitrogen and oxygen atoms in total. The highest BCUT2D eigenvalue weighted by Crippen LogP contribution is 2.49. The van der Waals surface area contributed by atoms with Crippen molar-refractivity contribution in [2.24, 2.45) is 5.92 Å². The maximum Gasteiger partial charge on any atom is 0.209 e. The molecule has 200 valence electrons. The zero-order chi connectivity index (χ0) is 27.2. The Morgan fingerprint density at radius 1 is 0.947 bits per heavy atom. The Kier molecular flexibility index (Phi) is 6.98. The second kappa shape index (κ2) is 9.96. The first-order chi connectivity index (χ1) is 18.2. The zero-order valence-corrected chi connectivity index (χ0v) is 24.3. The standard InChI is InChI=1S/C34H44N3O/c1-8-11-20-35-31-23(21-29-33(4,5)25-16-12-14-18-27(25)36(29)9-2)32(38)24(31)22-30-34(6,7)26-17-13-15-19-28(26)37(30)10-3/h12-19,21-23,32,38H,8-11,20H2,1-7H3/q+1/p+1/b24-22?,29-21-,35-31?. The third-order valence-corrected chi connectivity index (χ3v) is 9.01. The summed E-state index contributed by atoms with van der Waals surface area (Å²) in [6, 6.07) is 17.5. The normalized spacial score (nSPS) is 26.3. The summed E-state index contributed by atoms with van der Waals surface area (Å²) in [6.07, 6.45) is 6.35. The Labute approximate surface area is 229 Å². The van der Waals surface area contributed by atoms with Crippen LogP contribution in [0.5, 0.6) is 0 Å². The van der Waals surface area contributed by atoms with Crippen LogP contribution in [0.3, 0.4) is 0 Å². The van der Waals surface area contributed by atoms with Crippen LogP contribution in [-0.4, -0.2) is 46.8 Å². The van der Waals surface area contributed by atoms with Gasteiger partial charge in [-0.2, -0.15) is 4.58 Å². The van der Waals surface area contributed by atoms with Crippen molar-refractivity contribution in [2.45, 2.75) is 78.2 Å². The Morgan fingerprint density at radius 3 is 2.32 bits per heavy atom. The lowest BCUT2D eigenvalue weighted by Gasteiger charge is -2.35. The molecule has 1 fully saturated rings. The number of nitrogens with zero attached hydrogens (tertiary/aromatic N) is 2. The molecule has 0 radical (unpaired) electrons. The summed E-state index contributed by atoms with van der Waals surface area (Å²) in [5.74, 6) is -0.0432. The van der Waals surface area contributed by atoms with E-state index in [1.165, 1.54) is 39.6 Å². The smallest absolute Gasteiger partial charge is 0.209 e. The van der Waals surface area contributed by atoms with E-state index in [-0.39, 0.29) is 16.7 Å². The number of aliphatic hydroxyl groups excluding tert-OH is 1. The van der Waals surface area contributed by atoms with Crippen molar-refractivity contribution in [3.05, 3.63) is 83.1 Å². The van der Waals surface area contributed by atoms with E-state index in [0.717, 1.165) is 38.0 Å². The predicted molar refractivity (Wildman–Crippen MR) is 159 cm³/mol. The minimum absolute atomic E-state index is 0.0432. The molecule has 2 atom stereocenters. The highest BCUT2D eigenvalue weighted by Gasteiger charge is 2.51. The molecule has 3 aliphatic rings. The van der Waals surface area contributed by atoms with Gasteiger partial charge in [-0.1, -0.05) is 63.6 Å². The molecular formula is C34H45N3O+2. The van der Waals surface area contributed by atoms with E-state index in [1.54, 1.807) is 0 Å². The van der Waals surface area contributed by atoms with Gasteiger partial charge in [-0.3, -0.25) is 0 Å². The molecule has 2 heterocycles. The van der Waals surface area contributed by atoms with Crippen molar-refractivity contribution in [3.8, 4) is 0 Å². The highest BCUT2D eigenvalue weighted by atomic mass is 16.3. The topological polar surface area (TPSA) is 40.5 Å². The molecular weight excluding hydrogens is 466 g/mol. The molecule has 4 heteroatoms. The van der Waals surface area contributed by atoms with Crippen LogP contribution in [0.25, 0.3) is 0 Å². The van der Waals surface area contributed by atoms with Crippen molar-refractivity contribution in [2.75, 3.05) is 24.5 Å². The zero-order valence-electron chi connectivity index (χ0n) is 24.3. The van der Waals surface area contributed by atoms with E-state index in [0.29, 0.717) is 0 Å². The number of aliphatic hydroxyl groups is 1. The van der Waals surface area contributed by atoms with Crippen LogP contribution in [0.4, 0.5) is 11.4 Å². The third-order valence-electron chi connectivity index (χ3n) is 9.01. The fourth-order valence-corrected chi connectivity index (χ4v) is 6.80. The molecule has 5 rings (SSSR count). The van der Waals surface area contributed by atoms with Gasteiger partial charge in [-0.15, -0.1) is 0 Å². The number of likely N-dealkylation sites (N-methyl/N-ethyl adjacent to an activating group) is 1. The van der Waals surface area contributed by atoms with E-state index in [2.05, 4.69) is 124 Å². The molecule has 1 saturated carbocycles. The van der Waals surface area contributed by atoms with Gasteiger partial charge in [0.25, 0.3) is 0 Å². The molecule has 0 bridgehead atoms. The first kappa shape index (κ1) is 26.6. The van der Waals surface area contributed by atoms with Gasteiger partial charge in [0.2, 0.25) is 5.69 Å². The highest BCUT2D eigenvalue weighted by molar-refractivity contribution is 6.14. The lowest BCUT2D eigenvalue weighted by Crippen LogP contribution is -2.79. The molecule has 0 amide bonds. The van der Waals surface area contributed by atoms with Gasteiger partial charge >= 0.3 is 0 Å². The molecule has 0 aromatic heterocycles. The summed E-state index contributed by atoms with van der Waals surface area (Å²) >= 11 is 0. The summed E-state index contributed by atoms with van der Waals surface area (Å²) in [7, 11) is 0. The van der Waals surface area contributed by atoms with Crippen molar-refractivity contribution in [3.63, 3.8) is 0 Å². The van der Waals surface area contributed by atoms with E-state index in [4.69, 9.17) is 0 Å². The average Bonchev–Trinajstić information content (AvgIpc) is 3.27. The number of fused-ring (bicyclic) bond motifs is 2. The Balaban J connectivity index is 1.57. The summed E-state index contributed by atoms with van der Waals surface area (Å²) in [5, 5.41) is 11.7. The quantitative estimate of drug-likeness (QED) is 0.405. The first-order valence-electron chi connectivity index (χ1n) is 14.5. The fourth-order valence-electron chi connectivity index (χ4n) is 6.80. The lowest BCUT2D eigenvalue weighted by atomic mass is 9.70. The first-order valence-corrected chi connectivity index (χ1v) is 14.5. The van der Waals surface area contributed by atoms with Crippen LogP contribution in [0.1, 0.15) is 72.4 Å². The molecule has 2 unspecified atom stereocenters. The van der Waals surface area contributed by atoms with Crippen LogP contribution >= 0.6 is 0 Å². The third kappa shape index (κ3) is 4.00. The van der Waals surface area contributed by atoms with Crippen molar-refractivity contribution in [1.82, 2.24) is 0 Å². The average molecular weight is 512 g/mol. The van der Waals surface area contributed by atoms with Crippen LogP contribution in [0, 0.1) is 5.92 Å². The Hall–Kier alpha value is -2.98. The van der Waals surface area contributed by atoms with Crippen molar-refractivity contribution >= 4 is 22.8 Å². The van der Waals surface area contributed by atoms with Gasteiger partial charge in [0.1, 0.15) is 19.2 Å². The summed E-state index contributed by atoms with van der Waals surface area (Å²) in [5.41, 5.74) is 9.82. The van der Waals surface area contributed by atoms with Crippen LogP contribution in [0.15, 0.2) is 72.0 Å². The van der Waals surface area contributed by atoms with E-state index in [9.17, 15) is 5.11 Å². The SMILES string of the molecule is CCCC[NH+]=C1C(=CC2=[N+](CC)c3ccccc3C2(C)C)C(O)C1/C=C1\N(CC)c2ccccc2C1(C)C. The number of hydrogen-bond acceptors (Lipinski definition) is 2. The number of allylic oxidation sites excluding steroid dienone is 2. The van der Waals surface area contributed by atoms with Gasteiger partial charge < -0.3 is 10.0 Å². The van der Waals surface area contributed by atoms with Gasteiger partial charge in [-0.25, -0.2) is 4.99 Å². The molecule has 2 N–H and O–H groups in total. The van der Waals surface area contributed by atoms with Crippen LogP contribution < -0.4 is 9.89 Å². The van der Waals surface area contributed by atoms with Crippen molar-refractivity contribution in [1.29, 1.82) is 0 Å². The largest absolute Gasteiger partial charge is 0.387 e. The fraction of sp³-hybridized carbons (Fsp3) is 0.471. The summed E-state index contributed by atoms with van der Waals surface area (Å²) < 4.78 is 2.42. The summed E-state index contributed by atoms with van der Waals surface area (Å²) in [4.78, 5) is 6.18. The van der Waals surface area contributed by atoms with Gasteiger partial charge in [0.05, 0.1) is 16.9 Å². The molecule has 38 heavy (non-hydrogen) atoms. The van der Waals surface area contributed by atoms with Gasteiger partial charge in [-0.05, 0) is 45.4 Å². The summed E-state index contributed by atoms with van der Waals surface area (Å²) in [6.45, 7) is 18.6. The minimum atomic E-state index is -0.532.